The molecule has 0 spiro atoms. The second-order valence-electron chi connectivity index (χ2n) is 4.41. The van der Waals surface area contributed by atoms with Crippen molar-refractivity contribution in [2.75, 3.05) is 0 Å². The van der Waals surface area contributed by atoms with Crippen LogP contribution in [-0.4, -0.2) is 16.4 Å². The lowest BCUT2D eigenvalue weighted by Crippen LogP contribution is -2.51. The van der Waals surface area contributed by atoms with E-state index in [0.717, 1.165) is 31.4 Å². The van der Waals surface area contributed by atoms with Crippen molar-refractivity contribution in [2.24, 2.45) is 5.73 Å². The Labute approximate surface area is 94.4 Å². The highest BCUT2D eigenvalue weighted by Gasteiger charge is 2.36. The Hall–Kier alpha value is -1.36. The SMILES string of the molecule is Cc1cnc(CNC(=O)C2(N)CCCC2)o1. The molecule has 1 aliphatic carbocycles. The monoisotopic (exact) mass is 223 g/mol. The zero-order chi connectivity index (χ0) is 11.6. The Morgan fingerprint density at radius 2 is 2.31 bits per heavy atom. The van der Waals surface area contributed by atoms with Crippen LogP contribution in [0.1, 0.15) is 37.3 Å². The first-order valence-corrected chi connectivity index (χ1v) is 5.59. The van der Waals surface area contributed by atoms with E-state index in [9.17, 15) is 4.79 Å². The second-order valence-corrected chi connectivity index (χ2v) is 4.41. The Balaban J connectivity index is 1.88. The zero-order valence-electron chi connectivity index (χ0n) is 9.45. The Kier molecular flexibility index (Phi) is 2.96. The molecule has 0 bridgehead atoms. The zero-order valence-corrected chi connectivity index (χ0v) is 9.45. The molecule has 0 unspecified atom stereocenters. The minimum atomic E-state index is -0.679. The molecule has 88 valence electrons. The van der Waals surface area contributed by atoms with Crippen molar-refractivity contribution in [3.8, 4) is 0 Å². The topological polar surface area (TPSA) is 81.2 Å². The highest BCUT2D eigenvalue weighted by Crippen LogP contribution is 2.27. The fourth-order valence-corrected chi connectivity index (χ4v) is 2.05. The summed E-state index contributed by atoms with van der Waals surface area (Å²) in [5.41, 5.74) is 5.33. The molecule has 1 heterocycles. The van der Waals surface area contributed by atoms with Crippen LogP contribution in [0.2, 0.25) is 0 Å². The van der Waals surface area contributed by atoms with Crippen molar-refractivity contribution in [1.29, 1.82) is 0 Å². The normalized spacial score (nSPS) is 18.6. The Morgan fingerprint density at radius 3 is 2.88 bits per heavy atom. The molecule has 5 heteroatoms. The molecule has 3 N–H and O–H groups in total. The maximum atomic E-state index is 11.8. The van der Waals surface area contributed by atoms with Crippen LogP contribution in [0.4, 0.5) is 0 Å². The number of nitrogens with zero attached hydrogens (tertiary/aromatic N) is 1. The van der Waals surface area contributed by atoms with Gasteiger partial charge in [-0.2, -0.15) is 0 Å². The van der Waals surface area contributed by atoms with E-state index in [-0.39, 0.29) is 5.91 Å². The molecule has 1 amide bonds. The molecule has 0 aliphatic heterocycles. The van der Waals surface area contributed by atoms with E-state index in [1.54, 1.807) is 6.20 Å². The lowest BCUT2D eigenvalue weighted by Gasteiger charge is -2.21. The third-order valence-electron chi connectivity index (χ3n) is 3.02. The summed E-state index contributed by atoms with van der Waals surface area (Å²) in [6.45, 7) is 2.13. The van der Waals surface area contributed by atoms with E-state index in [2.05, 4.69) is 10.3 Å². The van der Waals surface area contributed by atoms with Gasteiger partial charge in [-0.25, -0.2) is 4.98 Å². The van der Waals surface area contributed by atoms with Crippen molar-refractivity contribution < 1.29 is 9.21 Å². The maximum Gasteiger partial charge on any atom is 0.240 e. The van der Waals surface area contributed by atoms with Crippen LogP contribution in [0.25, 0.3) is 0 Å². The largest absolute Gasteiger partial charge is 0.444 e. The minimum absolute atomic E-state index is 0.0964. The fraction of sp³-hybridized carbons (Fsp3) is 0.636. The first-order valence-electron chi connectivity index (χ1n) is 5.59. The first kappa shape index (κ1) is 11.1. The number of aryl methyl sites for hydroxylation is 1. The van der Waals surface area contributed by atoms with Gasteiger partial charge in [0.05, 0.1) is 18.3 Å². The van der Waals surface area contributed by atoms with Crippen LogP contribution >= 0.6 is 0 Å². The average Bonchev–Trinajstić information content (AvgIpc) is 2.85. The van der Waals surface area contributed by atoms with Crippen LogP contribution < -0.4 is 11.1 Å². The molecule has 1 aromatic heterocycles. The molecule has 0 radical (unpaired) electrons. The summed E-state index contributed by atoms with van der Waals surface area (Å²) in [6, 6.07) is 0. The number of aromatic nitrogens is 1. The highest BCUT2D eigenvalue weighted by atomic mass is 16.4. The van der Waals surface area contributed by atoms with E-state index in [1.165, 1.54) is 0 Å². The maximum absolute atomic E-state index is 11.8. The predicted molar refractivity (Wildman–Crippen MR) is 58.5 cm³/mol. The van der Waals surface area contributed by atoms with Gasteiger partial charge in [-0.05, 0) is 19.8 Å². The number of carbonyl (C=O) groups excluding carboxylic acids is 1. The molecule has 16 heavy (non-hydrogen) atoms. The minimum Gasteiger partial charge on any atom is -0.444 e. The first-order chi connectivity index (χ1) is 7.60. The van der Waals surface area contributed by atoms with Crippen LogP contribution in [0.15, 0.2) is 10.6 Å². The number of hydrogen-bond donors (Lipinski definition) is 2. The van der Waals surface area contributed by atoms with Gasteiger partial charge in [0.1, 0.15) is 5.76 Å². The highest BCUT2D eigenvalue weighted by molar-refractivity contribution is 5.86. The van der Waals surface area contributed by atoms with E-state index >= 15 is 0 Å². The number of oxazole rings is 1. The quantitative estimate of drug-likeness (QED) is 0.796. The number of nitrogens with two attached hydrogens (primary N) is 1. The molecule has 5 nitrogen and oxygen atoms in total. The third kappa shape index (κ3) is 2.24. The summed E-state index contributed by atoms with van der Waals surface area (Å²) < 4.78 is 5.26. The van der Waals surface area contributed by atoms with Crippen LogP contribution in [-0.2, 0) is 11.3 Å². The average molecular weight is 223 g/mol. The van der Waals surface area contributed by atoms with Gasteiger partial charge in [-0.1, -0.05) is 12.8 Å². The van der Waals surface area contributed by atoms with Crippen LogP contribution in [0, 0.1) is 6.92 Å². The summed E-state index contributed by atoms with van der Waals surface area (Å²) in [6.07, 6.45) is 5.23. The molecule has 1 saturated carbocycles. The molecule has 0 saturated heterocycles. The third-order valence-corrected chi connectivity index (χ3v) is 3.02. The van der Waals surface area contributed by atoms with E-state index in [4.69, 9.17) is 10.2 Å². The number of hydrogen-bond acceptors (Lipinski definition) is 4. The van der Waals surface area contributed by atoms with Crippen molar-refractivity contribution in [3.63, 3.8) is 0 Å². The second kappa shape index (κ2) is 4.25. The molecule has 0 atom stereocenters. The standard InChI is InChI=1S/C11H17N3O2/c1-8-6-13-9(16-8)7-14-10(15)11(12)4-2-3-5-11/h6H,2-5,7,12H2,1H3,(H,14,15). The molecule has 1 fully saturated rings. The predicted octanol–water partition coefficient (Wildman–Crippen LogP) is 0.871. The van der Waals surface area contributed by atoms with Crippen molar-refractivity contribution in [2.45, 2.75) is 44.7 Å². The summed E-state index contributed by atoms with van der Waals surface area (Å²) in [4.78, 5) is 15.9. The number of carbonyl (C=O) groups is 1. The van der Waals surface area contributed by atoms with Crippen molar-refractivity contribution in [1.82, 2.24) is 10.3 Å². The summed E-state index contributed by atoms with van der Waals surface area (Å²) in [5, 5.41) is 2.77. The van der Waals surface area contributed by atoms with Gasteiger partial charge in [0.15, 0.2) is 0 Å². The summed E-state index contributed by atoms with van der Waals surface area (Å²) in [7, 11) is 0. The summed E-state index contributed by atoms with van der Waals surface area (Å²) >= 11 is 0. The molecular formula is C11H17N3O2. The van der Waals surface area contributed by atoms with Crippen molar-refractivity contribution >= 4 is 5.91 Å². The van der Waals surface area contributed by atoms with Gasteiger partial charge in [-0.15, -0.1) is 0 Å². The van der Waals surface area contributed by atoms with Gasteiger partial charge in [0, 0.05) is 0 Å². The van der Waals surface area contributed by atoms with Crippen LogP contribution in [0.5, 0.6) is 0 Å². The number of nitrogens with one attached hydrogen (secondary N) is 1. The molecule has 1 aromatic rings. The Morgan fingerprint density at radius 1 is 1.62 bits per heavy atom. The lowest BCUT2D eigenvalue weighted by molar-refractivity contribution is -0.126. The van der Waals surface area contributed by atoms with Crippen molar-refractivity contribution in [3.05, 3.63) is 17.8 Å². The van der Waals surface area contributed by atoms with E-state index < -0.39 is 5.54 Å². The summed E-state index contributed by atoms with van der Waals surface area (Å²) in [5.74, 6) is 1.17. The molecule has 2 rings (SSSR count). The molecular weight excluding hydrogens is 206 g/mol. The van der Waals surface area contributed by atoms with E-state index in [0.29, 0.717) is 12.4 Å². The molecule has 0 aromatic carbocycles. The fourth-order valence-electron chi connectivity index (χ4n) is 2.05. The van der Waals surface area contributed by atoms with Crippen LogP contribution in [0.3, 0.4) is 0 Å². The van der Waals surface area contributed by atoms with Gasteiger partial charge in [0.25, 0.3) is 0 Å². The lowest BCUT2D eigenvalue weighted by atomic mass is 9.98. The number of rotatable bonds is 3. The van der Waals surface area contributed by atoms with E-state index in [1.807, 2.05) is 6.92 Å². The van der Waals surface area contributed by atoms with Gasteiger partial charge < -0.3 is 15.5 Å². The Bertz CT molecular complexity index is 380. The van der Waals surface area contributed by atoms with Gasteiger partial charge in [-0.3, -0.25) is 4.79 Å². The molecule has 1 aliphatic rings. The smallest absolute Gasteiger partial charge is 0.240 e. The number of amides is 1. The van der Waals surface area contributed by atoms with Gasteiger partial charge >= 0.3 is 0 Å². The van der Waals surface area contributed by atoms with Gasteiger partial charge in [0.2, 0.25) is 11.8 Å².